The van der Waals surface area contributed by atoms with Crippen molar-refractivity contribution in [2.75, 3.05) is 53.9 Å². The highest BCUT2D eigenvalue weighted by molar-refractivity contribution is 5.94. The van der Waals surface area contributed by atoms with Crippen LogP contribution in [0.2, 0.25) is 0 Å². The Kier molecular flexibility index (Phi) is 9.59. The summed E-state index contributed by atoms with van der Waals surface area (Å²) in [5, 5.41) is 9.79. The lowest BCUT2D eigenvalue weighted by atomic mass is 9.98. The van der Waals surface area contributed by atoms with Crippen molar-refractivity contribution >= 4 is 11.9 Å². The first-order valence-corrected chi connectivity index (χ1v) is 11.0. The van der Waals surface area contributed by atoms with E-state index in [9.17, 15) is 4.79 Å². The summed E-state index contributed by atoms with van der Waals surface area (Å²) < 4.78 is 0. The number of benzene rings is 1. The van der Waals surface area contributed by atoms with E-state index in [1.54, 1.807) is 7.05 Å². The van der Waals surface area contributed by atoms with Gasteiger partial charge in [0.2, 0.25) is 0 Å². The van der Waals surface area contributed by atoms with E-state index in [4.69, 9.17) is 0 Å². The fourth-order valence-corrected chi connectivity index (χ4v) is 3.64. The van der Waals surface area contributed by atoms with Gasteiger partial charge >= 0.3 is 0 Å². The summed E-state index contributed by atoms with van der Waals surface area (Å²) in [6.45, 7) is 9.83. The molecular formula is C23H40N6O. The monoisotopic (exact) mass is 416 g/mol. The van der Waals surface area contributed by atoms with Crippen molar-refractivity contribution in [1.29, 1.82) is 0 Å². The minimum absolute atomic E-state index is 0.0375. The van der Waals surface area contributed by atoms with Gasteiger partial charge in [-0.3, -0.25) is 14.7 Å². The Morgan fingerprint density at radius 2 is 1.87 bits per heavy atom. The molecule has 30 heavy (non-hydrogen) atoms. The molecule has 1 amide bonds. The van der Waals surface area contributed by atoms with E-state index in [2.05, 4.69) is 39.7 Å². The van der Waals surface area contributed by atoms with Crippen molar-refractivity contribution in [3.05, 3.63) is 35.4 Å². The van der Waals surface area contributed by atoms with Crippen LogP contribution in [0.4, 0.5) is 0 Å². The molecule has 1 saturated heterocycles. The minimum Gasteiger partial charge on any atom is -0.355 e. The molecule has 0 aromatic heterocycles. The molecule has 168 valence electrons. The van der Waals surface area contributed by atoms with Crippen molar-refractivity contribution in [3.8, 4) is 0 Å². The van der Waals surface area contributed by atoms with Crippen LogP contribution in [-0.2, 0) is 6.54 Å². The van der Waals surface area contributed by atoms with Crippen molar-refractivity contribution < 1.29 is 4.79 Å². The van der Waals surface area contributed by atoms with Gasteiger partial charge in [-0.25, -0.2) is 0 Å². The first-order valence-electron chi connectivity index (χ1n) is 11.0. The molecule has 1 aliphatic rings. The molecule has 1 aromatic carbocycles. The highest BCUT2D eigenvalue weighted by Gasteiger charge is 2.27. The Morgan fingerprint density at radius 1 is 1.13 bits per heavy atom. The molecule has 1 aromatic rings. The first kappa shape index (κ1) is 24.2. The second kappa shape index (κ2) is 11.9. The number of nitrogens with zero attached hydrogens (tertiary/aromatic N) is 3. The number of piperidine rings is 1. The van der Waals surface area contributed by atoms with Crippen molar-refractivity contribution in [2.24, 2.45) is 4.99 Å². The summed E-state index contributed by atoms with van der Waals surface area (Å²) in [6, 6.07) is 7.73. The average molecular weight is 417 g/mol. The molecule has 0 aliphatic carbocycles. The van der Waals surface area contributed by atoms with Crippen LogP contribution in [-0.4, -0.2) is 81.1 Å². The zero-order chi connectivity index (χ0) is 22.0. The molecule has 0 spiro atoms. The molecule has 1 fully saturated rings. The molecule has 1 heterocycles. The van der Waals surface area contributed by atoms with Crippen LogP contribution in [0.1, 0.15) is 49.0 Å². The van der Waals surface area contributed by atoms with E-state index in [0.29, 0.717) is 18.7 Å². The van der Waals surface area contributed by atoms with E-state index in [0.717, 1.165) is 24.6 Å². The summed E-state index contributed by atoms with van der Waals surface area (Å²) in [5.74, 6) is 0.741. The normalized spacial score (nSPS) is 15.9. The van der Waals surface area contributed by atoms with E-state index in [1.807, 2.05) is 43.3 Å². The lowest BCUT2D eigenvalue weighted by Gasteiger charge is -2.41. The molecule has 2 rings (SSSR count). The number of aliphatic imine (C=N–C) groups is 1. The van der Waals surface area contributed by atoms with Crippen LogP contribution in [0, 0.1) is 0 Å². The van der Waals surface area contributed by atoms with Crippen molar-refractivity contribution in [1.82, 2.24) is 25.8 Å². The van der Waals surface area contributed by atoms with Gasteiger partial charge in [-0.1, -0.05) is 18.6 Å². The third-order valence-corrected chi connectivity index (χ3v) is 5.62. The van der Waals surface area contributed by atoms with Crippen LogP contribution in [0.5, 0.6) is 0 Å². The number of carbonyl (C=O) groups is 1. The van der Waals surface area contributed by atoms with Crippen LogP contribution >= 0.6 is 0 Å². The Labute approximate surface area is 182 Å². The number of guanidine groups is 1. The highest BCUT2D eigenvalue weighted by atomic mass is 16.1. The Bertz CT molecular complexity index is 695. The van der Waals surface area contributed by atoms with Crippen molar-refractivity contribution in [2.45, 2.75) is 45.2 Å². The maximum atomic E-state index is 12.3. The number of hydrogen-bond donors (Lipinski definition) is 3. The summed E-state index contributed by atoms with van der Waals surface area (Å²) in [5.41, 5.74) is 1.82. The number of rotatable bonds is 9. The summed E-state index contributed by atoms with van der Waals surface area (Å²) >= 11 is 0. The van der Waals surface area contributed by atoms with E-state index >= 15 is 0 Å². The maximum absolute atomic E-state index is 12.3. The molecule has 0 radical (unpaired) electrons. The summed E-state index contributed by atoms with van der Waals surface area (Å²) in [6.07, 6.45) is 3.92. The van der Waals surface area contributed by atoms with Crippen LogP contribution in [0.25, 0.3) is 0 Å². The molecule has 7 heteroatoms. The smallest absolute Gasteiger partial charge is 0.251 e. The predicted molar refractivity (Wildman–Crippen MR) is 125 cm³/mol. The summed E-state index contributed by atoms with van der Waals surface area (Å²) in [7, 11) is 5.78. The number of nitrogens with one attached hydrogen (secondary N) is 3. The molecule has 0 bridgehead atoms. The number of likely N-dealkylation sites (N-methyl/N-ethyl adjacent to an activating group) is 1. The van der Waals surface area contributed by atoms with Gasteiger partial charge < -0.3 is 20.9 Å². The molecule has 0 unspecified atom stereocenters. The molecule has 0 atom stereocenters. The lowest BCUT2D eigenvalue weighted by molar-refractivity contribution is 0.0950. The fraction of sp³-hybridized carbons (Fsp3) is 0.652. The Morgan fingerprint density at radius 3 is 2.53 bits per heavy atom. The van der Waals surface area contributed by atoms with Gasteiger partial charge in [0.25, 0.3) is 5.91 Å². The summed E-state index contributed by atoms with van der Waals surface area (Å²) in [4.78, 5) is 21.3. The highest BCUT2D eigenvalue weighted by Crippen LogP contribution is 2.19. The fourth-order valence-electron chi connectivity index (χ4n) is 3.64. The largest absolute Gasteiger partial charge is 0.355 e. The van der Waals surface area contributed by atoms with E-state index in [-0.39, 0.29) is 11.4 Å². The molecule has 1 aliphatic heterocycles. The number of amides is 1. The number of carbonyl (C=O) groups excluding carboxylic acids is 1. The molecule has 3 N–H and O–H groups in total. The topological polar surface area (TPSA) is 72.0 Å². The van der Waals surface area contributed by atoms with Crippen LogP contribution < -0.4 is 16.0 Å². The number of hydrogen-bond acceptors (Lipinski definition) is 4. The molecular weight excluding hydrogens is 376 g/mol. The lowest BCUT2D eigenvalue weighted by Crippen LogP contribution is -2.54. The SMILES string of the molecule is CN=C(NCc1cccc(C(=O)NCCN(C)C)c1)NCC(C)(C)N1CCCCC1. The van der Waals surface area contributed by atoms with Gasteiger partial charge in [-0.05, 0) is 71.6 Å². The van der Waals surface area contributed by atoms with Crippen LogP contribution in [0.15, 0.2) is 29.3 Å². The third-order valence-electron chi connectivity index (χ3n) is 5.62. The average Bonchev–Trinajstić information content (AvgIpc) is 2.74. The van der Waals surface area contributed by atoms with Gasteiger partial charge in [-0.15, -0.1) is 0 Å². The van der Waals surface area contributed by atoms with Gasteiger partial charge in [0, 0.05) is 44.3 Å². The second-order valence-corrected chi connectivity index (χ2v) is 8.90. The second-order valence-electron chi connectivity index (χ2n) is 8.90. The van der Waals surface area contributed by atoms with E-state index in [1.165, 1.54) is 32.4 Å². The minimum atomic E-state index is -0.0375. The Hall–Kier alpha value is -2.12. The molecule has 7 nitrogen and oxygen atoms in total. The number of likely N-dealkylation sites (tertiary alicyclic amines) is 1. The first-order chi connectivity index (χ1) is 14.3. The standard InChI is InChI=1S/C23H40N6O/c1-23(2,29-13-7-6-8-14-29)18-27-22(24-3)26-17-19-10-9-11-20(16-19)21(30)25-12-15-28(4)5/h9-11,16H,6-8,12-15,17-18H2,1-5H3,(H,25,30)(H2,24,26,27). The van der Waals surface area contributed by atoms with Gasteiger partial charge in [-0.2, -0.15) is 0 Å². The Balaban J connectivity index is 1.83. The predicted octanol–water partition coefficient (Wildman–Crippen LogP) is 1.91. The van der Waals surface area contributed by atoms with E-state index < -0.39 is 0 Å². The zero-order valence-corrected chi connectivity index (χ0v) is 19.4. The van der Waals surface area contributed by atoms with Gasteiger partial charge in [0.1, 0.15) is 0 Å². The third kappa shape index (κ3) is 7.95. The van der Waals surface area contributed by atoms with Gasteiger partial charge in [0.05, 0.1) is 0 Å². The molecule has 0 saturated carbocycles. The van der Waals surface area contributed by atoms with Gasteiger partial charge in [0.15, 0.2) is 5.96 Å². The maximum Gasteiger partial charge on any atom is 0.251 e. The zero-order valence-electron chi connectivity index (χ0n) is 19.4. The van der Waals surface area contributed by atoms with Crippen molar-refractivity contribution in [3.63, 3.8) is 0 Å². The van der Waals surface area contributed by atoms with Crippen LogP contribution in [0.3, 0.4) is 0 Å². The quantitative estimate of drug-likeness (QED) is 0.424.